The number of ether oxygens (including phenoxy) is 2. The number of ketones is 1. The molecule has 0 spiro atoms. The highest BCUT2D eigenvalue weighted by Crippen LogP contribution is 2.46. The van der Waals surface area contributed by atoms with Crippen molar-refractivity contribution in [3.05, 3.63) is 12.2 Å². The normalized spacial score (nSPS) is 42.7. The first-order valence-electron chi connectivity index (χ1n) is 9.47. The van der Waals surface area contributed by atoms with Crippen LogP contribution >= 0.6 is 0 Å². The topological polar surface area (TPSA) is 157 Å². The number of hydrogen-bond donors (Lipinski definition) is 6. The van der Waals surface area contributed by atoms with Gasteiger partial charge in [0.25, 0.3) is 0 Å². The van der Waals surface area contributed by atoms with Crippen LogP contribution in [0, 0.1) is 11.3 Å². The van der Waals surface area contributed by atoms with Crippen molar-refractivity contribution in [2.75, 3.05) is 13.2 Å². The molecule has 2 rings (SSSR count). The van der Waals surface area contributed by atoms with Gasteiger partial charge >= 0.3 is 0 Å². The fourth-order valence-electron chi connectivity index (χ4n) is 4.02. The van der Waals surface area contributed by atoms with E-state index in [4.69, 9.17) is 9.47 Å². The van der Waals surface area contributed by atoms with Crippen LogP contribution in [0.15, 0.2) is 12.2 Å². The molecular formula is C19H32O9. The van der Waals surface area contributed by atoms with Gasteiger partial charge in [-0.05, 0) is 5.92 Å². The van der Waals surface area contributed by atoms with E-state index in [0.717, 1.165) is 0 Å². The fraction of sp³-hybridized carbons (Fsp3) is 0.842. The highest BCUT2D eigenvalue weighted by molar-refractivity contribution is 5.81. The maximum absolute atomic E-state index is 11.9. The number of aliphatic hydroxyl groups excluding tert-OH is 5. The zero-order chi connectivity index (χ0) is 21.3. The lowest BCUT2D eigenvalue weighted by atomic mass is 9.60. The van der Waals surface area contributed by atoms with Gasteiger partial charge in [-0.2, -0.15) is 0 Å². The van der Waals surface area contributed by atoms with Gasteiger partial charge in [-0.1, -0.05) is 32.9 Å². The Morgan fingerprint density at radius 3 is 2.39 bits per heavy atom. The van der Waals surface area contributed by atoms with Gasteiger partial charge in [-0.3, -0.25) is 4.79 Å². The third-order valence-electron chi connectivity index (χ3n) is 5.91. The molecule has 0 aromatic carbocycles. The number of hydrogen-bond acceptors (Lipinski definition) is 9. The van der Waals surface area contributed by atoms with Crippen molar-refractivity contribution in [3.8, 4) is 0 Å². The molecule has 9 heteroatoms. The summed E-state index contributed by atoms with van der Waals surface area (Å²) in [5, 5.41) is 59.7. The van der Waals surface area contributed by atoms with Crippen LogP contribution in [-0.4, -0.2) is 92.0 Å². The molecule has 2 aliphatic rings. The summed E-state index contributed by atoms with van der Waals surface area (Å²) in [6, 6.07) is 0. The second kappa shape index (κ2) is 8.85. The van der Waals surface area contributed by atoms with Gasteiger partial charge in [0.05, 0.1) is 18.8 Å². The van der Waals surface area contributed by atoms with E-state index in [1.807, 2.05) is 0 Å². The zero-order valence-corrected chi connectivity index (χ0v) is 16.4. The Hall–Kier alpha value is -0.910. The Labute approximate surface area is 164 Å². The molecule has 0 radical (unpaired) electrons. The molecule has 1 saturated heterocycles. The van der Waals surface area contributed by atoms with Crippen LogP contribution in [-0.2, 0) is 14.3 Å². The van der Waals surface area contributed by atoms with Gasteiger partial charge in [0.1, 0.15) is 36.3 Å². The molecule has 0 aromatic heterocycles. The molecule has 1 heterocycles. The molecule has 0 bridgehead atoms. The van der Waals surface area contributed by atoms with Crippen molar-refractivity contribution in [1.29, 1.82) is 0 Å². The Kier molecular flexibility index (Phi) is 7.38. The summed E-state index contributed by atoms with van der Waals surface area (Å²) in [4.78, 5) is 11.9. The molecule has 0 aromatic rings. The number of aliphatic hydroxyl groups is 6. The van der Waals surface area contributed by atoms with Gasteiger partial charge in [0.15, 0.2) is 6.29 Å². The summed E-state index contributed by atoms with van der Waals surface area (Å²) >= 11 is 0. The molecule has 28 heavy (non-hydrogen) atoms. The maximum Gasteiger partial charge on any atom is 0.187 e. The van der Waals surface area contributed by atoms with Crippen molar-refractivity contribution in [1.82, 2.24) is 0 Å². The fourth-order valence-corrected chi connectivity index (χ4v) is 4.02. The molecule has 1 saturated carbocycles. The van der Waals surface area contributed by atoms with E-state index < -0.39 is 61.0 Å². The first-order chi connectivity index (χ1) is 13.0. The van der Waals surface area contributed by atoms with Crippen molar-refractivity contribution in [3.63, 3.8) is 0 Å². The molecular weight excluding hydrogens is 372 g/mol. The highest BCUT2D eigenvalue weighted by Gasteiger charge is 2.51. The summed E-state index contributed by atoms with van der Waals surface area (Å²) in [6.07, 6.45) is -4.83. The van der Waals surface area contributed by atoms with E-state index in [9.17, 15) is 35.4 Å². The summed E-state index contributed by atoms with van der Waals surface area (Å²) in [7, 11) is 0. The number of Topliss-reactive ketones (excluding diaryl/α,β-unsaturated/α-hetero) is 1. The predicted octanol–water partition coefficient (Wildman–Crippen LogP) is -1.52. The van der Waals surface area contributed by atoms with E-state index in [1.54, 1.807) is 20.8 Å². The van der Waals surface area contributed by atoms with E-state index in [1.165, 1.54) is 12.2 Å². The monoisotopic (exact) mass is 404 g/mol. The van der Waals surface area contributed by atoms with Gasteiger partial charge in [-0.25, -0.2) is 0 Å². The van der Waals surface area contributed by atoms with Crippen LogP contribution in [0.1, 0.15) is 33.6 Å². The van der Waals surface area contributed by atoms with Crippen LogP contribution < -0.4 is 0 Å². The molecule has 9 nitrogen and oxygen atoms in total. The molecule has 2 fully saturated rings. The molecule has 1 aliphatic carbocycles. The van der Waals surface area contributed by atoms with E-state index >= 15 is 0 Å². The highest BCUT2D eigenvalue weighted by atomic mass is 16.7. The minimum atomic E-state index is -1.59. The first-order valence-corrected chi connectivity index (χ1v) is 9.47. The Balaban J connectivity index is 2.14. The summed E-state index contributed by atoms with van der Waals surface area (Å²) in [6.45, 7) is 4.25. The van der Waals surface area contributed by atoms with Crippen LogP contribution in [0.25, 0.3) is 0 Å². The number of carbonyl (C=O) groups is 1. The minimum absolute atomic E-state index is 0.0758. The van der Waals surface area contributed by atoms with Crippen molar-refractivity contribution in [2.45, 2.75) is 76.0 Å². The first kappa shape index (κ1) is 23.4. The largest absolute Gasteiger partial charge is 0.394 e. The Morgan fingerprint density at radius 2 is 1.86 bits per heavy atom. The number of rotatable bonds is 6. The standard InChI is InChI=1S/C19H32O9/c1-10-6-11(22)7-18(2,3)19(10,26)5-4-12(8-20)27-17-16(25)15(24)14(23)13(9-21)28-17/h4-5,10,12-17,20-21,23-26H,6-9H2,1-3H3/b5-4+/t10?,12?,13?,14?,15?,16?,17?,19-/m1/s1. The smallest absolute Gasteiger partial charge is 0.187 e. The summed E-state index contributed by atoms with van der Waals surface area (Å²) < 4.78 is 10.8. The SMILES string of the molecule is CC1CC(=O)CC(C)(C)[C@@]1(O)/C=C/C(CO)OC1OC(CO)C(O)C(O)C1O. The van der Waals surface area contributed by atoms with Crippen LogP contribution in [0.4, 0.5) is 0 Å². The van der Waals surface area contributed by atoms with E-state index in [0.29, 0.717) is 0 Å². The molecule has 6 N–H and O–H groups in total. The predicted molar refractivity (Wildman–Crippen MR) is 97.0 cm³/mol. The van der Waals surface area contributed by atoms with Gasteiger partial charge in [0.2, 0.25) is 0 Å². The third-order valence-corrected chi connectivity index (χ3v) is 5.91. The number of carbonyl (C=O) groups excluding carboxylic acids is 1. The van der Waals surface area contributed by atoms with E-state index in [-0.39, 0.29) is 24.5 Å². The molecule has 1 aliphatic heterocycles. The van der Waals surface area contributed by atoms with Crippen molar-refractivity contribution < 1.29 is 44.9 Å². The van der Waals surface area contributed by atoms with Gasteiger partial charge in [0, 0.05) is 18.3 Å². The lowest BCUT2D eigenvalue weighted by Crippen LogP contribution is -2.59. The Bertz CT molecular complexity index is 576. The van der Waals surface area contributed by atoms with Crippen LogP contribution in [0.3, 0.4) is 0 Å². The third kappa shape index (κ3) is 4.47. The molecule has 0 amide bonds. The molecule has 8 atom stereocenters. The van der Waals surface area contributed by atoms with Crippen LogP contribution in [0.2, 0.25) is 0 Å². The quantitative estimate of drug-likeness (QED) is 0.289. The van der Waals surface area contributed by atoms with Gasteiger partial charge < -0.3 is 40.1 Å². The summed E-state index contributed by atoms with van der Waals surface area (Å²) in [5.41, 5.74) is -2.03. The van der Waals surface area contributed by atoms with E-state index in [2.05, 4.69) is 0 Å². The van der Waals surface area contributed by atoms with Crippen molar-refractivity contribution >= 4 is 5.78 Å². The second-order valence-electron chi connectivity index (χ2n) is 8.44. The van der Waals surface area contributed by atoms with Gasteiger partial charge in [-0.15, -0.1) is 0 Å². The van der Waals surface area contributed by atoms with Crippen molar-refractivity contribution in [2.24, 2.45) is 11.3 Å². The molecule has 7 unspecified atom stereocenters. The average Bonchev–Trinajstić information content (AvgIpc) is 2.62. The lowest BCUT2D eigenvalue weighted by molar-refractivity contribution is -0.309. The zero-order valence-electron chi connectivity index (χ0n) is 16.4. The lowest BCUT2D eigenvalue weighted by Gasteiger charge is -2.48. The summed E-state index contributed by atoms with van der Waals surface area (Å²) in [5.74, 6) is -0.265. The Morgan fingerprint density at radius 1 is 1.21 bits per heavy atom. The maximum atomic E-state index is 11.9. The minimum Gasteiger partial charge on any atom is -0.394 e. The van der Waals surface area contributed by atoms with Crippen LogP contribution in [0.5, 0.6) is 0 Å². The average molecular weight is 404 g/mol. The second-order valence-corrected chi connectivity index (χ2v) is 8.44. The molecule has 162 valence electrons.